The van der Waals surface area contributed by atoms with Gasteiger partial charge in [-0.05, 0) is 47.2 Å². The Labute approximate surface area is 182 Å². The fourth-order valence-corrected chi connectivity index (χ4v) is 4.92. The van der Waals surface area contributed by atoms with Gasteiger partial charge in [-0.3, -0.25) is 9.59 Å². The van der Waals surface area contributed by atoms with Crippen molar-refractivity contribution in [3.05, 3.63) is 71.0 Å². The number of benzene rings is 2. The zero-order valence-corrected chi connectivity index (χ0v) is 18.8. The Balaban J connectivity index is 1.94. The van der Waals surface area contributed by atoms with Crippen LogP contribution in [-0.4, -0.2) is 35.1 Å². The Hall–Kier alpha value is -2.34. The van der Waals surface area contributed by atoms with Gasteiger partial charge >= 0.3 is 0 Å². The second kappa shape index (κ2) is 9.21. The van der Waals surface area contributed by atoms with Crippen LogP contribution in [0.5, 0.6) is 0 Å². The van der Waals surface area contributed by atoms with Crippen LogP contribution in [0.2, 0.25) is 0 Å². The van der Waals surface area contributed by atoms with Gasteiger partial charge in [-0.25, -0.2) is 4.39 Å². The molecule has 2 atom stereocenters. The van der Waals surface area contributed by atoms with Crippen LogP contribution in [0.1, 0.15) is 61.0 Å². The first-order chi connectivity index (χ1) is 14.2. The SMILES string of the molecule is CCCNC(=O)[C@H]1CS[C@H](c2cccc(F)c2)N1C(=O)c1ccc(C(C)(C)C)cc1. The number of thioether (sulfide) groups is 1. The van der Waals surface area contributed by atoms with Gasteiger partial charge in [-0.15, -0.1) is 11.8 Å². The Morgan fingerprint density at radius 1 is 1.17 bits per heavy atom. The predicted molar refractivity (Wildman–Crippen MR) is 120 cm³/mol. The Morgan fingerprint density at radius 3 is 2.47 bits per heavy atom. The van der Waals surface area contributed by atoms with E-state index in [-0.39, 0.29) is 23.0 Å². The van der Waals surface area contributed by atoms with Gasteiger partial charge in [0.1, 0.15) is 17.2 Å². The summed E-state index contributed by atoms with van der Waals surface area (Å²) in [5.41, 5.74) is 2.33. The van der Waals surface area contributed by atoms with Crippen LogP contribution in [0.25, 0.3) is 0 Å². The predicted octanol–water partition coefficient (Wildman–Crippen LogP) is 4.91. The molecule has 4 nitrogen and oxygen atoms in total. The van der Waals surface area contributed by atoms with Crippen molar-refractivity contribution in [1.29, 1.82) is 0 Å². The number of nitrogens with one attached hydrogen (secondary N) is 1. The number of rotatable bonds is 5. The second-order valence-corrected chi connectivity index (χ2v) is 9.70. The molecule has 0 radical (unpaired) electrons. The van der Waals surface area contributed by atoms with Crippen molar-refractivity contribution in [3.63, 3.8) is 0 Å². The maximum absolute atomic E-state index is 13.9. The van der Waals surface area contributed by atoms with E-state index in [1.807, 2.05) is 31.2 Å². The van der Waals surface area contributed by atoms with Crippen LogP contribution in [0, 0.1) is 5.82 Å². The highest BCUT2D eigenvalue weighted by Crippen LogP contribution is 2.42. The summed E-state index contributed by atoms with van der Waals surface area (Å²) < 4.78 is 13.9. The van der Waals surface area contributed by atoms with Crippen molar-refractivity contribution in [2.75, 3.05) is 12.3 Å². The summed E-state index contributed by atoms with van der Waals surface area (Å²) >= 11 is 1.49. The lowest BCUT2D eigenvalue weighted by atomic mass is 9.86. The van der Waals surface area contributed by atoms with Crippen LogP contribution in [0.3, 0.4) is 0 Å². The molecule has 0 aliphatic carbocycles. The molecule has 2 amide bonds. The van der Waals surface area contributed by atoms with Gasteiger partial charge in [0, 0.05) is 17.9 Å². The third-order valence-corrected chi connectivity index (χ3v) is 6.54. The average molecular weight is 429 g/mol. The van der Waals surface area contributed by atoms with E-state index < -0.39 is 11.4 Å². The summed E-state index contributed by atoms with van der Waals surface area (Å²) in [6.45, 7) is 8.91. The summed E-state index contributed by atoms with van der Waals surface area (Å²) in [7, 11) is 0. The Morgan fingerprint density at radius 2 is 1.87 bits per heavy atom. The molecule has 2 aromatic carbocycles. The van der Waals surface area contributed by atoms with Crippen LogP contribution < -0.4 is 5.32 Å². The van der Waals surface area contributed by atoms with E-state index in [1.165, 1.54) is 23.9 Å². The zero-order chi connectivity index (χ0) is 21.9. The van der Waals surface area contributed by atoms with Gasteiger partial charge in [0.2, 0.25) is 5.91 Å². The summed E-state index contributed by atoms with van der Waals surface area (Å²) in [5, 5.41) is 2.49. The molecule has 0 bridgehead atoms. The smallest absolute Gasteiger partial charge is 0.255 e. The van der Waals surface area contributed by atoms with Crippen molar-refractivity contribution in [2.45, 2.75) is 50.9 Å². The molecule has 0 spiro atoms. The van der Waals surface area contributed by atoms with Crippen LogP contribution in [0.4, 0.5) is 4.39 Å². The van der Waals surface area contributed by atoms with Crippen molar-refractivity contribution in [1.82, 2.24) is 10.2 Å². The highest BCUT2D eigenvalue weighted by molar-refractivity contribution is 7.99. The highest BCUT2D eigenvalue weighted by Gasteiger charge is 2.42. The molecule has 1 aliphatic heterocycles. The molecule has 1 N–H and O–H groups in total. The second-order valence-electron chi connectivity index (χ2n) is 8.59. The summed E-state index contributed by atoms with van der Waals surface area (Å²) in [6.07, 6.45) is 0.821. The van der Waals surface area contributed by atoms with E-state index in [2.05, 4.69) is 26.1 Å². The first-order valence-electron chi connectivity index (χ1n) is 10.3. The Kier molecular flexibility index (Phi) is 6.86. The van der Waals surface area contributed by atoms with Gasteiger partial charge in [0.15, 0.2) is 0 Å². The van der Waals surface area contributed by atoms with Crippen molar-refractivity contribution in [3.8, 4) is 0 Å². The van der Waals surface area contributed by atoms with Gasteiger partial charge in [0.25, 0.3) is 5.91 Å². The Bertz CT molecular complexity index is 908. The maximum atomic E-state index is 13.9. The highest BCUT2D eigenvalue weighted by atomic mass is 32.2. The van der Waals surface area contributed by atoms with E-state index in [9.17, 15) is 14.0 Å². The summed E-state index contributed by atoms with van der Waals surface area (Å²) in [6, 6.07) is 13.2. The summed E-state index contributed by atoms with van der Waals surface area (Å²) in [5.74, 6) is -0.258. The van der Waals surface area contributed by atoms with Crippen LogP contribution in [0.15, 0.2) is 48.5 Å². The number of nitrogens with zero attached hydrogens (tertiary/aromatic N) is 1. The van der Waals surface area contributed by atoms with Gasteiger partial charge in [-0.1, -0.05) is 52.0 Å². The monoisotopic (exact) mass is 428 g/mol. The minimum Gasteiger partial charge on any atom is -0.354 e. The fraction of sp³-hybridized carbons (Fsp3) is 0.417. The molecule has 1 fully saturated rings. The van der Waals surface area contributed by atoms with E-state index in [0.29, 0.717) is 23.4 Å². The van der Waals surface area contributed by atoms with Crippen molar-refractivity contribution < 1.29 is 14.0 Å². The third-order valence-electron chi connectivity index (χ3n) is 5.22. The van der Waals surface area contributed by atoms with Crippen LogP contribution in [-0.2, 0) is 10.2 Å². The molecule has 3 rings (SSSR count). The zero-order valence-electron chi connectivity index (χ0n) is 17.9. The summed E-state index contributed by atoms with van der Waals surface area (Å²) in [4.78, 5) is 27.9. The molecular formula is C24H29FN2O2S. The first-order valence-corrected chi connectivity index (χ1v) is 11.3. The number of hydrogen-bond acceptors (Lipinski definition) is 3. The number of carbonyl (C=O) groups is 2. The molecule has 0 aromatic heterocycles. The normalized spacial score (nSPS) is 19.0. The standard InChI is InChI=1S/C24H29FN2O2S/c1-5-13-26-21(28)20-15-30-23(17-7-6-8-19(25)14-17)27(20)22(29)16-9-11-18(12-10-16)24(2,3)4/h6-12,14,20,23H,5,13,15H2,1-4H3,(H,26,28)/t20-,23-/m1/s1. The largest absolute Gasteiger partial charge is 0.354 e. The molecule has 1 aliphatic rings. The topological polar surface area (TPSA) is 49.4 Å². The number of carbonyl (C=O) groups excluding carboxylic acids is 2. The molecule has 2 aromatic rings. The quantitative estimate of drug-likeness (QED) is 0.736. The minimum absolute atomic E-state index is 0.0161. The van der Waals surface area contributed by atoms with E-state index in [4.69, 9.17) is 0 Å². The molecule has 1 heterocycles. The van der Waals surface area contributed by atoms with Crippen LogP contribution >= 0.6 is 11.8 Å². The lowest BCUT2D eigenvalue weighted by molar-refractivity contribution is -0.124. The van der Waals surface area contributed by atoms with Crippen molar-refractivity contribution in [2.24, 2.45) is 0 Å². The molecule has 6 heteroatoms. The van der Waals surface area contributed by atoms with Gasteiger partial charge in [0.05, 0.1) is 0 Å². The first kappa shape index (κ1) is 22.3. The number of hydrogen-bond donors (Lipinski definition) is 1. The maximum Gasteiger partial charge on any atom is 0.255 e. The molecule has 30 heavy (non-hydrogen) atoms. The van der Waals surface area contributed by atoms with Crippen molar-refractivity contribution >= 4 is 23.6 Å². The fourth-order valence-electron chi connectivity index (χ4n) is 3.50. The van der Waals surface area contributed by atoms with E-state index >= 15 is 0 Å². The molecule has 0 unspecified atom stereocenters. The number of halogens is 1. The van der Waals surface area contributed by atoms with E-state index in [0.717, 1.165) is 12.0 Å². The molecule has 0 saturated carbocycles. The van der Waals surface area contributed by atoms with Gasteiger partial charge < -0.3 is 10.2 Å². The average Bonchev–Trinajstić information content (AvgIpc) is 3.16. The lowest BCUT2D eigenvalue weighted by Crippen LogP contribution is -2.48. The molecule has 1 saturated heterocycles. The van der Waals surface area contributed by atoms with E-state index in [1.54, 1.807) is 17.0 Å². The van der Waals surface area contributed by atoms with Gasteiger partial charge in [-0.2, -0.15) is 0 Å². The lowest BCUT2D eigenvalue weighted by Gasteiger charge is -2.29. The third kappa shape index (κ3) is 4.86. The minimum atomic E-state index is -0.593. The molecular weight excluding hydrogens is 399 g/mol. The molecule has 160 valence electrons. The number of amides is 2.